The Labute approximate surface area is 124 Å². The molecule has 0 aliphatic rings. The first kappa shape index (κ1) is 18.3. The van der Waals surface area contributed by atoms with Gasteiger partial charge in [-0.15, -0.1) is 0 Å². The zero-order valence-corrected chi connectivity index (χ0v) is 14.5. The van der Waals surface area contributed by atoms with Crippen LogP contribution in [0.4, 0.5) is 0 Å². The fraction of sp³-hybridized carbons (Fsp3) is 0.556. The van der Waals surface area contributed by atoms with Gasteiger partial charge in [-0.05, 0) is 63.5 Å². The van der Waals surface area contributed by atoms with E-state index in [4.69, 9.17) is 0 Å². The fourth-order valence-electron chi connectivity index (χ4n) is 1.35. The van der Waals surface area contributed by atoms with Gasteiger partial charge in [-0.25, -0.2) is 0 Å². The van der Waals surface area contributed by atoms with E-state index in [9.17, 15) is 0 Å². The standard InChI is InChI=1S/C18H30S/c1-8-14(4)13-19-18(16(6)10-3)12-11-17(7)15(5)9-2/h10-13,15H,8-9H2,1-7H3. The van der Waals surface area contributed by atoms with Gasteiger partial charge >= 0.3 is 0 Å². The van der Waals surface area contributed by atoms with Crippen LogP contribution in [0.15, 0.2) is 45.3 Å². The largest absolute Gasteiger partial charge is 0.0979 e. The van der Waals surface area contributed by atoms with Gasteiger partial charge in [0.15, 0.2) is 0 Å². The van der Waals surface area contributed by atoms with Crippen molar-refractivity contribution in [1.82, 2.24) is 0 Å². The molecule has 0 aromatic rings. The summed E-state index contributed by atoms with van der Waals surface area (Å²) in [5.41, 5.74) is 4.24. The molecule has 108 valence electrons. The summed E-state index contributed by atoms with van der Waals surface area (Å²) in [6.45, 7) is 15.4. The lowest BCUT2D eigenvalue weighted by Crippen LogP contribution is -1.92. The van der Waals surface area contributed by atoms with Crippen LogP contribution in [0.5, 0.6) is 0 Å². The SMILES string of the molecule is CC=C(C)C(=CC=C(C)C(C)CC)SC=C(C)CC. The quantitative estimate of drug-likeness (QED) is 0.457. The van der Waals surface area contributed by atoms with E-state index in [0.717, 1.165) is 6.42 Å². The van der Waals surface area contributed by atoms with Gasteiger partial charge in [0.25, 0.3) is 0 Å². The van der Waals surface area contributed by atoms with Crippen LogP contribution in [0.3, 0.4) is 0 Å². The number of hydrogen-bond acceptors (Lipinski definition) is 1. The third kappa shape index (κ3) is 7.47. The Morgan fingerprint density at radius 3 is 2.21 bits per heavy atom. The highest BCUT2D eigenvalue weighted by molar-refractivity contribution is 8.06. The van der Waals surface area contributed by atoms with Crippen molar-refractivity contribution in [3.63, 3.8) is 0 Å². The van der Waals surface area contributed by atoms with Gasteiger partial charge in [-0.1, -0.05) is 55.8 Å². The summed E-state index contributed by atoms with van der Waals surface area (Å²) in [5.74, 6) is 0.668. The predicted octanol–water partition coefficient (Wildman–Crippen LogP) is 6.88. The second-order valence-corrected chi connectivity index (χ2v) is 6.07. The number of hydrogen-bond donors (Lipinski definition) is 0. The molecule has 0 aliphatic heterocycles. The van der Waals surface area contributed by atoms with Crippen molar-refractivity contribution in [3.05, 3.63) is 45.3 Å². The van der Waals surface area contributed by atoms with Gasteiger partial charge < -0.3 is 0 Å². The lowest BCUT2D eigenvalue weighted by molar-refractivity contribution is 0.655. The van der Waals surface area contributed by atoms with Gasteiger partial charge in [0, 0.05) is 4.91 Å². The highest BCUT2D eigenvalue weighted by atomic mass is 32.2. The minimum Gasteiger partial charge on any atom is -0.0979 e. The maximum atomic E-state index is 2.29. The van der Waals surface area contributed by atoms with Crippen LogP contribution in [0.25, 0.3) is 0 Å². The minimum absolute atomic E-state index is 0.668. The highest BCUT2D eigenvalue weighted by Gasteiger charge is 2.01. The Kier molecular flexibility index (Phi) is 9.77. The van der Waals surface area contributed by atoms with Gasteiger partial charge in [-0.3, -0.25) is 0 Å². The van der Waals surface area contributed by atoms with Crippen LogP contribution in [-0.4, -0.2) is 0 Å². The summed E-state index contributed by atoms with van der Waals surface area (Å²) in [6.07, 6.45) is 9.05. The van der Waals surface area contributed by atoms with Crippen molar-refractivity contribution in [2.24, 2.45) is 5.92 Å². The molecule has 0 fully saturated rings. The maximum absolute atomic E-state index is 2.29. The summed E-state index contributed by atoms with van der Waals surface area (Å²) < 4.78 is 0. The Morgan fingerprint density at radius 2 is 1.74 bits per heavy atom. The second kappa shape index (κ2) is 10.1. The summed E-state index contributed by atoms with van der Waals surface area (Å²) in [7, 11) is 0. The third-order valence-corrected chi connectivity index (χ3v) is 4.89. The van der Waals surface area contributed by atoms with Crippen LogP contribution in [0, 0.1) is 5.92 Å². The van der Waals surface area contributed by atoms with E-state index < -0.39 is 0 Å². The molecule has 1 heteroatoms. The van der Waals surface area contributed by atoms with E-state index in [1.807, 2.05) is 11.8 Å². The summed E-state index contributed by atoms with van der Waals surface area (Å²) in [4.78, 5) is 1.35. The molecular formula is C18H30S. The monoisotopic (exact) mass is 278 g/mol. The Hall–Kier alpha value is -0.690. The first-order valence-corrected chi connectivity index (χ1v) is 8.18. The topological polar surface area (TPSA) is 0 Å². The third-order valence-electron chi connectivity index (χ3n) is 3.65. The van der Waals surface area contributed by atoms with Crippen LogP contribution in [0.2, 0.25) is 0 Å². The Morgan fingerprint density at radius 1 is 1.11 bits per heavy atom. The smallest absolute Gasteiger partial charge is 0.0142 e. The first-order valence-electron chi connectivity index (χ1n) is 7.30. The minimum atomic E-state index is 0.668. The number of allylic oxidation sites excluding steroid dienone is 6. The molecule has 0 N–H and O–H groups in total. The zero-order valence-electron chi connectivity index (χ0n) is 13.7. The van der Waals surface area contributed by atoms with E-state index in [1.165, 1.54) is 28.0 Å². The molecule has 0 aromatic heterocycles. The fourth-order valence-corrected chi connectivity index (χ4v) is 2.29. The predicted molar refractivity (Wildman–Crippen MR) is 92.4 cm³/mol. The van der Waals surface area contributed by atoms with Gasteiger partial charge in [0.05, 0.1) is 0 Å². The summed E-state index contributed by atoms with van der Waals surface area (Å²) in [5, 5.41) is 2.27. The molecule has 1 atom stereocenters. The van der Waals surface area contributed by atoms with Crippen molar-refractivity contribution >= 4 is 11.8 Å². The van der Waals surface area contributed by atoms with Gasteiger partial charge in [0.1, 0.15) is 0 Å². The lowest BCUT2D eigenvalue weighted by Gasteiger charge is -2.09. The van der Waals surface area contributed by atoms with Crippen LogP contribution in [-0.2, 0) is 0 Å². The van der Waals surface area contributed by atoms with E-state index in [1.54, 1.807) is 0 Å². The molecule has 0 spiro atoms. The molecule has 0 radical (unpaired) electrons. The average Bonchev–Trinajstić information content (AvgIpc) is 2.44. The van der Waals surface area contributed by atoms with Crippen LogP contribution in [0.1, 0.15) is 61.3 Å². The molecule has 19 heavy (non-hydrogen) atoms. The van der Waals surface area contributed by atoms with E-state index in [-0.39, 0.29) is 0 Å². The number of thioether (sulfide) groups is 1. The first-order chi connectivity index (χ1) is 8.96. The van der Waals surface area contributed by atoms with Gasteiger partial charge in [-0.2, -0.15) is 0 Å². The molecular weight excluding hydrogens is 248 g/mol. The molecule has 0 aromatic carbocycles. The molecule has 1 unspecified atom stereocenters. The Balaban J connectivity index is 5.06. The van der Waals surface area contributed by atoms with Gasteiger partial charge in [0.2, 0.25) is 0 Å². The van der Waals surface area contributed by atoms with Crippen molar-refractivity contribution in [1.29, 1.82) is 0 Å². The molecule has 0 amide bonds. The normalized spacial score (nSPS) is 16.8. The molecule has 0 bridgehead atoms. The van der Waals surface area contributed by atoms with E-state index >= 15 is 0 Å². The van der Waals surface area contributed by atoms with Crippen LogP contribution < -0.4 is 0 Å². The summed E-state index contributed by atoms with van der Waals surface area (Å²) in [6, 6.07) is 0. The molecule has 0 heterocycles. The second-order valence-electron chi connectivity index (χ2n) is 5.16. The molecule has 0 nitrogen and oxygen atoms in total. The lowest BCUT2D eigenvalue weighted by atomic mass is 10.00. The van der Waals surface area contributed by atoms with E-state index in [2.05, 4.69) is 72.1 Å². The summed E-state index contributed by atoms with van der Waals surface area (Å²) >= 11 is 1.83. The van der Waals surface area contributed by atoms with Crippen molar-refractivity contribution < 1.29 is 0 Å². The highest BCUT2D eigenvalue weighted by Crippen LogP contribution is 2.27. The molecule has 0 saturated carbocycles. The molecule has 0 aliphatic carbocycles. The Bertz CT molecular complexity index is 380. The van der Waals surface area contributed by atoms with E-state index in [0.29, 0.717) is 5.92 Å². The number of rotatable bonds is 7. The maximum Gasteiger partial charge on any atom is 0.0142 e. The van der Waals surface area contributed by atoms with Crippen LogP contribution >= 0.6 is 11.8 Å². The van der Waals surface area contributed by atoms with Crippen molar-refractivity contribution in [2.45, 2.75) is 61.3 Å². The zero-order chi connectivity index (χ0) is 14.8. The molecule has 0 rings (SSSR count). The average molecular weight is 279 g/mol. The van der Waals surface area contributed by atoms with Crippen molar-refractivity contribution in [2.75, 3.05) is 0 Å². The molecule has 0 saturated heterocycles. The van der Waals surface area contributed by atoms with Crippen molar-refractivity contribution in [3.8, 4) is 0 Å².